The molecule has 0 atom stereocenters. The van der Waals surface area contributed by atoms with Gasteiger partial charge in [0, 0.05) is 43.9 Å². The summed E-state index contributed by atoms with van der Waals surface area (Å²) in [6.07, 6.45) is 6.46. The fourth-order valence-electron chi connectivity index (χ4n) is 2.63. The van der Waals surface area contributed by atoms with E-state index < -0.39 is 0 Å². The van der Waals surface area contributed by atoms with Gasteiger partial charge in [-0.3, -0.25) is 9.78 Å². The van der Waals surface area contributed by atoms with E-state index in [1.54, 1.807) is 31.8 Å². The third kappa shape index (κ3) is 3.77. The number of hydrogen-bond acceptors (Lipinski definition) is 5. The second-order valence-corrected chi connectivity index (χ2v) is 5.39. The number of ether oxygens (including phenoxy) is 2. The topological polar surface area (TPSA) is 64.5 Å². The minimum atomic E-state index is 0.0295. The molecule has 0 bridgehead atoms. The van der Waals surface area contributed by atoms with Crippen molar-refractivity contribution in [1.82, 2.24) is 14.9 Å². The SMILES string of the molecule is COc1cccc(C(=O)N2CCC(Oc3cnccn3)CC2)c1. The van der Waals surface area contributed by atoms with Crippen LogP contribution in [0.15, 0.2) is 42.9 Å². The van der Waals surface area contributed by atoms with Crippen LogP contribution in [-0.2, 0) is 0 Å². The van der Waals surface area contributed by atoms with Gasteiger partial charge in [0.05, 0.1) is 13.3 Å². The van der Waals surface area contributed by atoms with E-state index in [9.17, 15) is 4.79 Å². The van der Waals surface area contributed by atoms with Gasteiger partial charge in [0.1, 0.15) is 11.9 Å². The molecule has 3 rings (SSSR count). The van der Waals surface area contributed by atoms with Gasteiger partial charge < -0.3 is 14.4 Å². The van der Waals surface area contributed by atoms with Crippen molar-refractivity contribution >= 4 is 5.91 Å². The molecule has 1 aromatic heterocycles. The van der Waals surface area contributed by atoms with Crippen LogP contribution < -0.4 is 9.47 Å². The van der Waals surface area contributed by atoms with Crippen LogP contribution in [0.25, 0.3) is 0 Å². The van der Waals surface area contributed by atoms with Crippen LogP contribution in [-0.4, -0.2) is 47.1 Å². The molecule has 1 aliphatic heterocycles. The van der Waals surface area contributed by atoms with Crippen molar-refractivity contribution in [3.63, 3.8) is 0 Å². The molecule has 1 amide bonds. The van der Waals surface area contributed by atoms with E-state index in [1.165, 1.54) is 0 Å². The number of carbonyl (C=O) groups is 1. The molecule has 2 aromatic rings. The van der Waals surface area contributed by atoms with Crippen molar-refractivity contribution < 1.29 is 14.3 Å². The number of aromatic nitrogens is 2. The summed E-state index contributed by atoms with van der Waals surface area (Å²) in [7, 11) is 1.60. The first-order valence-electron chi connectivity index (χ1n) is 7.62. The van der Waals surface area contributed by atoms with Crippen LogP contribution >= 0.6 is 0 Å². The largest absolute Gasteiger partial charge is 0.497 e. The molecule has 6 nitrogen and oxygen atoms in total. The summed E-state index contributed by atoms with van der Waals surface area (Å²) in [5, 5.41) is 0. The standard InChI is InChI=1S/C17H19N3O3/c1-22-15-4-2-3-13(11-15)17(21)20-9-5-14(6-10-20)23-16-12-18-7-8-19-16/h2-4,7-8,11-12,14H,5-6,9-10H2,1H3. The molecule has 23 heavy (non-hydrogen) atoms. The summed E-state index contributed by atoms with van der Waals surface area (Å²) < 4.78 is 11.0. The second-order valence-electron chi connectivity index (χ2n) is 5.39. The van der Waals surface area contributed by atoms with E-state index in [-0.39, 0.29) is 12.0 Å². The van der Waals surface area contributed by atoms with Crippen molar-refractivity contribution in [1.29, 1.82) is 0 Å². The van der Waals surface area contributed by atoms with Crippen LogP contribution in [0.3, 0.4) is 0 Å². The Morgan fingerprint density at radius 3 is 2.78 bits per heavy atom. The molecule has 1 fully saturated rings. The Bertz CT molecular complexity index is 655. The van der Waals surface area contributed by atoms with Gasteiger partial charge in [-0.2, -0.15) is 0 Å². The molecule has 0 saturated carbocycles. The number of piperidine rings is 1. The van der Waals surface area contributed by atoms with E-state index in [2.05, 4.69) is 9.97 Å². The predicted octanol–water partition coefficient (Wildman–Crippen LogP) is 2.17. The maximum atomic E-state index is 12.5. The zero-order valence-electron chi connectivity index (χ0n) is 13.0. The monoisotopic (exact) mass is 313 g/mol. The van der Waals surface area contributed by atoms with Crippen molar-refractivity contribution in [2.45, 2.75) is 18.9 Å². The highest BCUT2D eigenvalue weighted by Gasteiger charge is 2.25. The van der Waals surface area contributed by atoms with Crippen molar-refractivity contribution in [3.05, 3.63) is 48.4 Å². The van der Waals surface area contributed by atoms with Gasteiger partial charge in [0.15, 0.2) is 0 Å². The molecule has 6 heteroatoms. The van der Waals surface area contributed by atoms with Crippen LogP contribution in [0, 0.1) is 0 Å². The molecule has 0 spiro atoms. The molecule has 0 N–H and O–H groups in total. The average molecular weight is 313 g/mol. The summed E-state index contributed by atoms with van der Waals surface area (Å²) in [4.78, 5) is 22.5. The fourth-order valence-corrected chi connectivity index (χ4v) is 2.63. The van der Waals surface area contributed by atoms with Crippen LogP contribution in [0.2, 0.25) is 0 Å². The lowest BCUT2D eigenvalue weighted by molar-refractivity contribution is 0.0587. The molecule has 0 aliphatic carbocycles. The summed E-state index contributed by atoms with van der Waals surface area (Å²) in [5.41, 5.74) is 0.651. The van der Waals surface area contributed by atoms with Crippen molar-refractivity contribution in [2.75, 3.05) is 20.2 Å². The summed E-state index contributed by atoms with van der Waals surface area (Å²) >= 11 is 0. The number of amides is 1. The van der Waals surface area contributed by atoms with E-state index in [1.807, 2.05) is 23.1 Å². The third-order valence-corrected chi connectivity index (χ3v) is 3.87. The summed E-state index contributed by atoms with van der Waals surface area (Å²) in [6.45, 7) is 1.34. The zero-order valence-corrected chi connectivity index (χ0v) is 13.0. The van der Waals surface area contributed by atoms with Crippen LogP contribution in [0.1, 0.15) is 23.2 Å². The quantitative estimate of drug-likeness (QED) is 0.865. The van der Waals surface area contributed by atoms with Gasteiger partial charge in [-0.05, 0) is 18.2 Å². The van der Waals surface area contributed by atoms with Gasteiger partial charge in [-0.15, -0.1) is 0 Å². The lowest BCUT2D eigenvalue weighted by atomic mass is 10.1. The van der Waals surface area contributed by atoms with Crippen LogP contribution in [0.5, 0.6) is 11.6 Å². The molecule has 1 aliphatic rings. The Morgan fingerprint density at radius 1 is 1.26 bits per heavy atom. The minimum absolute atomic E-state index is 0.0295. The number of likely N-dealkylation sites (tertiary alicyclic amines) is 1. The Kier molecular flexibility index (Phi) is 4.71. The lowest BCUT2D eigenvalue weighted by Crippen LogP contribution is -2.41. The van der Waals surface area contributed by atoms with Gasteiger partial charge >= 0.3 is 0 Å². The summed E-state index contributed by atoms with van der Waals surface area (Å²) in [6, 6.07) is 7.24. The average Bonchev–Trinajstić information content (AvgIpc) is 2.63. The number of carbonyl (C=O) groups excluding carboxylic acids is 1. The van der Waals surface area contributed by atoms with Crippen LogP contribution in [0.4, 0.5) is 0 Å². The Hall–Kier alpha value is -2.63. The first kappa shape index (κ1) is 15.3. The molecular formula is C17H19N3O3. The zero-order chi connectivity index (χ0) is 16.1. The van der Waals surface area contributed by atoms with Crippen molar-refractivity contribution in [2.24, 2.45) is 0 Å². The maximum absolute atomic E-state index is 12.5. The number of methoxy groups -OCH3 is 1. The van der Waals surface area contributed by atoms with Crippen molar-refractivity contribution in [3.8, 4) is 11.6 Å². The highest BCUT2D eigenvalue weighted by Crippen LogP contribution is 2.20. The molecule has 120 valence electrons. The normalized spacial score (nSPS) is 15.3. The Morgan fingerprint density at radius 2 is 2.09 bits per heavy atom. The van der Waals surface area contributed by atoms with E-state index >= 15 is 0 Å². The Balaban J connectivity index is 1.57. The van der Waals surface area contributed by atoms with Gasteiger partial charge in [-0.25, -0.2) is 4.98 Å². The fraction of sp³-hybridized carbons (Fsp3) is 0.353. The molecule has 1 aromatic carbocycles. The smallest absolute Gasteiger partial charge is 0.253 e. The second kappa shape index (κ2) is 7.09. The van der Waals surface area contributed by atoms with Gasteiger partial charge in [-0.1, -0.05) is 6.07 Å². The predicted molar refractivity (Wildman–Crippen MR) is 84.6 cm³/mol. The highest BCUT2D eigenvalue weighted by molar-refractivity contribution is 5.94. The van der Waals surface area contributed by atoms with E-state index in [0.717, 1.165) is 12.8 Å². The highest BCUT2D eigenvalue weighted by atomic mass is 16.5. The molecule has 0 unspecified atom stereocenters. The van der Waals surface area contributed by atoms with Gasteiger partial charge in [0.2, 0.25) is 5.88 Å². The number of benzene rings is 1. The van der Waals surface area contributed by atoms with E-state index in [0.29, 0.717) is 30.3 Å². The number of nitrogens with zero attached hydrogens (tertiary/aromatic N) is 3. The van der Waals surface area contributed by atoms with E-state index in [4.69, 9.17) is 9.47 Å². The van der Waals surface area contributed by atoms with Gasteiger partial charge in [0.25, 0.3) is 5.91 Å². The lowest BCUT2D eigenvalue weighted by Gasteiger charge is -2.32. The molecule has 1 saturated heterocycles. The number of hydrogen-bond donors (Lipinski definition) is 0. The first-order valence-corrected chi connectivity index (χ1v) is 7.62. The third-order valence-electron chi connectivity index (χ3n) is 3.87. The Labute approximate surface area is 135 Å². The minimum Gasteiger partial charge on any atom is -0.497 e. The maximum Gasteiger partial charge on any atom is 0.253 e. The molecular weight excluding hydrogens is 294 g/mol. The first-order chi connectivity index (χ1) is 11.3. The molecule has 0 radical (unpaired) electrons. The summed E-state index contributed by atoms with van der Waals surface area (Å²) in [5.74, 6) is 1.25. The molecule has 2 heterocycles. The number of rotatable bonds is 4.